The normalized spacial score (nSPS) is 12.7. The van der Waals surface area contributed by atoms with Crippen LogP contribution in [0, 0.1) is 0 Å². The molecule has 1 unspecified atom stereocenters. The van der Waals surface area contributed by atoms with Gasteiger partial charge >= 0.3 is 7.60 Å². The lowest BCUT2D eigenvalue weighted by Crippen LogP contribution is -2.39. The van der Waals surface area contributed by atoms with Crippen molar-refractivity contribution in [2.24, 2.45) is 16.5 Å². The first-order valence-corrected chi connectivity index (χ1v) is 18.8. The summed E-state index contributed by atoms with van der Waals surface area (Å²) in [5.74, 6) is -0.905. The second-order valence-electron chi connectivity index (χ2n) is 12.4. The fraction of sp³-hybridized carbons (Fsp3) is 0.306. The Hall–Kier alpha value is -4.11. The summed E-state index contributed by atoms with van der Waals surface area (Å²) in [5, 5.41) is 0. The zero-order valence-electron chi connectivity index (χ0n) is 27.8. The average molecular weight is 677 g/mol. The van der Waals surface area contributed by atoms with Gasteiger partial charge in [0.15, 0.2) is 11.7 Å². The number of nitrogens with two attached hydrogens (primary N) is 2. The smallest absolute Gasteiger partial charge is 0.415 e. The summed E-state index contributed by atoms with van der Waals surface area (Å²) in [7, 11) is -8.65. The van der Waals surface area contributed by atoms with Gasteiger partial charge in [-0.1, -0.05) is 102 Å². The van der Waals surface area contributed by atoms with Crippen LogP contribution in [0.3, 0.4) is 0 Å². The van der Waals surface area contributed by atoms with E-state index in [0.29, 0.717) is 22.4 Å². The second kappa shape index (κ2) is 15.2. The highest BCUT2D eigenvalue weighted by Crippen LogP contribution is 2.53. The summed E-state index contributed by atoms with van der Waals surface area (Å²) in [6.07, 6.45) is -0.0314. The minimum Gasteiger partial charge on any atom is -0.415 e. The third-order valence-electron chi connectivity index (χ3n) is 7.60. The maximum Gasteiger partial charge on any atom is 0.448 e. The van der Waals surface area contributed by atoms with E-state index in [1.54, 1.807) is 84.9 Å². The number of sulfonamides is 1. The molecule has 0 fully saturated rings. The Balaban J connectivity index is 1.90. The average Bonchev–Trinajstić information content (AvgIpc) is 3.01. The van der Waals surface area contributed by atoms with E-state index in [9.17, 15) is 8.42 Å². The zero-order chi connectivity index (χ0) is 34.4. The SMILES string of the molecule is CC(C)c1cc(C(C)C)c(S(=O)(=O)NC(Cc2ccc(N=C(N)N)cc2)P(=O)(Oc2ccccc2)Oc2ccccc2)c(C(C)C)c1. The third kappa shape index (κ3) is 9.25. The van der Waals surface area contributed by atoms with E-state index in [-0.39, 0.29) is 46.5 Å². The molecule has 0 aromatic heterocycles. The standard InChI is InChI=1S/C36H45N4O5PS/c1-24(2)28-22-32(25(3)4)35(33(23-28)26(5)6)47(42,43)40-34(21-27-17-19-29(20-18-27)39-36(37)38)46(41,44-30-13-9-7-10-14-30)45-31-15-11-8-12-16-31/h7-20,22-26,34,40H,21H2,1-6H3,(H4,37,38,39). The van der Waals surface area contributed by atoms with Gasteiger partial charge in [-0.05, 0) is 76.4 Å². The second-order valence-corrected chi connectivity index (χ2v) is 16.1. The zero-order valence-corrected chi connectivity index (χ0v) is 29.5. The van der Waals surface area contributed by atoms with Gasteiger partial charge < -0.3 is 20.5 Å². The number of nitrogens with one attached hydrogen (secondary N) is 1. The van der Waals surface area contributed by atoms with Crippen molar-refractivity contribution >= 4 is 29.3 Å². The van der Waals surface area contributed by atoms with Gasteiger partial charge in [0.2, 0.25) is 10.0 Å². The van der Waals surface area contributed by atoms with E-state index in [1.165, 1.54) is 0 Å². The van der Waals surface area contributed by atoms with Crippen LogP contribution in [-0.4, -0.2) is 20.2 Å². The molecule has 1 atom stereocenters. The van der Waals surface area contributed by atoms with Crippen molar-refractivity contribution < 1.29 is 22.0 Å². The monoisotopic (exact) mass is 676 g/mol. The van der Waals surface area contributed by atoms with Crippen LogP contribution in [-0.2, 0) is 21.0 Å². The number of hydrogen-bond acceptors (Lipinski definition) is 6. The molecule has 0 aliphatic heterocycles. The van der Waals surface area contributed by atoms with E-state index in [4.69, 9.17) is 20.5 Å². The number of para-hydroxylation sites is 2. The molecule has 0 amide bonds. The predicted molar refractivity (Wildman–Crippen MR) is 190 cm³/mol. The van der Waals surface area contributed by atoms with E-state index in [1.807, 2.05) is 39.8 Å². The highest BCUT2D eigenvalue weighted by atomic mass is 32.2. The molecule has 47 heavy (non-hydrogen) atoms. The van der Waals surface area contributed by atoms with Crippen LogP contribution in [0.25, 0.3) is 0 Å². The lowest BCUT2D eigenvalue weighted by Gasteiger charge is -2.30. The van der Waals surface area contributed by atoms with Gasteiger partial charge in [0.1, 0.15) is 11.5 Å². The Bertz CT molecular complexity index is 1750. The summed E-state index contributed by atoms with van der Waals surface area (Å²) in [6.45, 7) is 12.1. The maximum atomic E-state index is 15.1. The molecule has 9 nitrogen and oxygen atoms in total. The number of nitrogens with zero attached hydrogens (tertiary/aromatic N) is 1. The van der Waals surface area contributed by atoms with Crippen LogP contribution >= 0.6 is 7.60 Å². The molecule has 0 saturated heterocycles. The van der Waals surface area contributed by atoms with Gasteiger partial charge in [-0.3, -0.25) is 0 Å². The lowest BCUT2D eigenvalue weighted by atomic mass is 9.89. The molecule has 5 N–H and O–H groups in total. The fourth-order valence-electron chi connectivity index (χ4n) is 5.14. The van der Waals surface area contributed by atoms with Crippen LogP contribution < -0.4 is 25.2 Å². The Morgan fingerprint density at radius 1 is 0.745 bits per heavy atom. The molecule has 11 heteroatoms. The van der Waals surface area contributed by atoms with E-state index < -0.39 is 23.4 Å². The lowest BCUT2D eigenvalue weighted by molar-refractivity contribution is 0.366. The van der Waals surface area contributed by atoms with Gasteiger partial charge in [0.05, 0.1) is 10.6 Å². The number of guanidine groups is 1. The minimum absolute atomic E-state index is 0.0314. The Labute approximate surface area is 279 Å². The van der Waals surface area contributed by atoms with Crippen molar-refractivity contribution in [3.63, 3.8) is 0 Å². The summed E-state index contributed by atoms with van der Waals surface area (Å²) in [6, 6.07) is 28.0. The molecule has 0 aliphatic carbocycles. The van der Waals surface area contributed by atoms with Crippen molar-refractivity contribution in [1.82, 2.24) is 4.72 Å². The predicted octanol–water partition coefficient (Wildman–Crippen LogP) is 8.16. The maximum absolute atomic E-state index is 15.1. The number of aliphatic imine (C=N–C) groups is 1. The number of benzene rings is 4. The Morgan fingerprint density at radius 2 is 1.21 bits per heavy atom. The van der Waals surface area contributed by atoms with Crippen LogP contribution in [0.1, 0.15) is 81.5 Å². The molecular weight excluding hydrogens is 631 g/mol. The van der Waals surface area contributed by atoms with Crippen LogP contribution in [0.2, 0.25) is 0 Å². The molecule has 0 heterocycles. The van der Waals surface area contributed by atoms with Gasteiger partial charge in [-0.15, -0.1) is 0 Å². The van der Waals surface area contributed by atoms with Crippen molar-refractivity contribution in [3.8, 4) is 11.5 Å². The first-order valence-electron chi connectivity index (χ1n) is 15.7. The highest BCUT2D eigenvalue weighted by molar-refractivity contribution is 7.90. The molecule has 0 radical (unpaired) electrons. The first-order chi connectivity index (χ1) is 22.2. The molecular formula is C36H45N4O5PS. The summed E-state index contributed by atoms with van der Waals surface area (Å²) < 4.78 is 59.7. The van der Waals surface area contributed by atoms with Crippen LogP contribution in [0.5, 0.6) is 11.5 Å². The molecule has 0 aliphatic rings. The molecule has 0 bridgehead atoms. The third-order valence-corrected chi connectivity index (χ3v) is 11.4. The molecule has 0 saturated carbocycles. The summed E-state index contributed by atoms with van der Waals surface area (Å²) in [5.41, 5.74) is 14.7. The van der Waals surface area contributed by atoms with Gasteiger partial charge in [0, 0.05) is 6.42 Å². The van der Waals surface area contributed by atoms with E-state index in [2.05, 4.69) is 23.6 Å². The van der Waals surface area contributed by atoms with E-state index >= 15 is 4.57 Å². The number of hydrogen-bond donors (Lipinski definition) is 3. The van der Waals surface area contributed by atoms with Gasteiger partial charge in [-0.2, -0.15) is 4.72 Å². The van der Waals surface area contributed by atoms with E-state index in [0.717, 1.165) is 5.56 Å². The highest BCUT2D eigenvalue weighted by Gasteiger charge is 2.43. The molecule has 4 aromatic carbocycles. The summed E-state index contributed by atoms with van der Waals surface area (Å²) in [4.78, 5) is 4.25. The number of rotatable bonds is 14. The first kappa shape index (κ1) is 35.7. The quantitative estimate of drug-likeness (QED) is 0.0694. The van der Waals surface area contributed by atoms with Crippen molar-refractivity contribution in [1.29, 1.82) is 0 Å². The summed E-state index contributed by atoms with van der Waals surface area (Å²) >= 11 is 0. The molecule has 250 valence electrons. The van der Waals surface area contributed by atoms with Crippen molar-refractivity contribution in [2.45, 2.75) is 76.4 Å². The minimum atomic E-state index is -4.35. The van der Waals surface area contributed by atoms with Crippen molar-refractivity contribution in [3.05, 3.63) is 119 Å². The van der Waals surface area contributed by atoms with Crippen molar-refractivity contribution in [2.75, 3.05) is 0 Å². The van der Waals surface area contributed by atoms with Crippen LogP contribution in [0.15, 0.2) is 107 Å². The topological polar surface area (TPSA) is 146 Å². The molecule has 0 spiro atoms. The van der Waals surface area contributed by atoms with Gasteiger partial charge in [-0.25, -0.2) is 18.0 Å². The van der Waals surface area contributed by atoms with Gasteiger partial charge in [0.25, 0.3) is 0 Å². The largest absolute Gasteiger partial charge is 0.448 e. The Morgan fingerprint density at radius 3 is 1.62 bits per heavy atom. The van der Waals surface area contributed by atoms with Crippen LogP contribution in [0.4, 0.5) is 5.69 Å². The fourth-order valence-corrected chi connectivity index (χ4v) is 9.40. The Kier molecular flexibility index (Phi) is 11.6. The molecule has 4 aromatic rings. The molecule has 4 rings (SSSR count).